The predicted octanol–water partition coefficient (Wildman–Crippen LogP) is 3.07. The highest BCUT2D eigenvalue weighted by Gasteiger charge is 2.16. The van der Waals surface area contributed by atoms with E-state index < -0.39 is 20.0 Å². The fourth-order valence-corrected chi connectivity index (χ4v) is 5.24. The van der Waals surface area contributed by atoms with Gasteiger partial charge in [-0.3, -0.25) is 4.79 Å². The number of amides is 1. The summed E-state index contributed by atoms with van der Waals surface area (Å²) in [6.45, 7) is 5.39. The molecule has 0 aliphatic rings. The number of carbonyl (C=O) groups is 1. The van der Waals surface area contributed by atoms with Gasteiger partial charge in [-0.05, 0) is 52.1 Å². The molecule has 0 radical (unpaired) electrons. The van der Waals surface area contributed by atoms with Crippen LogP contribution >= 0.6 is 12.2 Å². The summed E-state index contributed by atoms with van der Waals surface area (Å²) in [5.41, 5.74) is 1.47. The Morgan fingerprint density at radius 1 is 0.970 bits per heavy atom. The van der Waals surface area contributed by atoms with Crippen molar-refractivity contribution in [1.29, 1.82) is 0 Å². The Morgan fingerprint density at radius 2 is 1.48 bits per heavy atom. The summed E-state index contributed by atoms with van der Waals surface area (Å²) in [5.74, 6) is 0.0203. The molecule has 0 aliphatic carbocycles. The Balaban J connectivity index is 2.48. The quantitative estimate of drug-likeness (QED) is 0.349. The van der Waals surface area contributed by atoms with Crippen molar-refractivity contribution in [1.82, 2.24) is 0 Å². The highest BCUT2D eigenvalue weighted by Crippen LogP contribution is 2.25. The zero-order valence-electron chi connectivity index (χ0n) is 18.5. The third kappa shape index (κ3) is 8.13. The molecule has 0 saturated heterocycles. The van der Waals surface area contributed by atoms with Crippen molar-refractivity contribution in [2.45, 2.75) is 43.4 Å². The standard InChI is InChI=1S/C22H27N3O5S3/c1-14(2)10-20(31)11-16-4-5-17(21(12-16)32(23,27)28)6-7-18-8-9-19(25-15(3)26)13-22(18)33(24,29)30/h4-9,12-14H,10-11H2,1-3H3,(H,25,26)(H2,23,27,28)(H2,24,29,30)/b7-6+. The number of anilines is 1. The van der Waals surface area contributed by atoms with E-state index in [9.17, 15) is 21.6 Å². The molecular formula is C22H27N3O5S3. The fraction of sp³-hybridized carbons (Fsp3) is 0.273. The Bertz CT molecular complexity index is 1310. The van der Waals surface area contributed by atoms with Crippen LogP contribution in [0.4, 0.5) is 5.69 Å². The van der Waals surface area contributed by atoms with Gasteiger partial charge in [0.15, 0.2) is 0 Å². The van der Waals surface area contributed by atoms with E-state index in [1.54, 1.807) is 12.1 Å². The minimum absolute atomic E-state index is 0.101. The van der Waals surface area contributed by atoms with Gasteiger partial charge in [0.2, 0.25) is 26.0 Å². The van der Waals surface area contributed by atoms with Crippen LogP contribution in [0.25, 0.3) is 12.2 Å². The molecule has 0 spiro atoms. The molecule has 0 unspecified atom stereocenters. The van der Waals surface area contributed by atoms with E-state index in [2.05, 4.69) is 19.2 Å². The zero-order chi connectivity index (χ0) is 25.0. The van der Waals surface area contributed by atoms with E-state index in [1.807, 2.05) is 0 Å². The smallest absolute Gasteiger partial charge is 0.238 e. The summed E-state index contributed by atoms with van der Waals surface area (Å²) in [5, 5.41) is 13.2. The molecule has 2 rings (SSSR count). The Kier molecular flexibility index (Phi) is 8.66. The average molecular weight is 510 g/mol. The summed E-state index contributed by atoms with van der Waals surface area (Å²) in [6.07, 6.45) is 4.05. The number of nitrogens with two attached hydrogens (primary N) is 2. The number of rotatable bonds is 9. The number of nitrogens with one attached hydrogen (secondary N) is 1. The van der Waals surface area contributed by atoms with E-state index in [4.69, 9.17) is 22.5 Å². The molecule has 0 fully saturated rings. The lowest BCUT2D eigenvalue weighted by Gasteiger charge is -2.11. The molecule has 2 aromatic carbocycles. The van der Waals surface area contributed by atoms with Gasteiger partial charge in [0, 0.05) is 19.0 Å². The third-order valence-electron chi connectivity index (χ3n) is 4.50. The van der Waals surface area contributed by atoms with Crippen molar-refractivity contribution in [3.63, 3.8) is 0 Å². The minimum atomic E-state index is -4.12. The highest BCUT2D eigenvalue weighted by molar-refractivity contribution is 7.89. The fourth-order valence-electron chi connectivity index (χ4n) is 3.21. The van der Waals surface area contributed by atoms with Crippen LogP contribution in [0.5, 0.6) is 0 Å². The third-order valence-corrected chi connectivity index (χ3v) is 6.75. The monoisotopic (exact) mass is 509 g/mol. The van der Waals surface area contributed by atoms with Crippen LogP contribution in [0.15, 0.2) is 46.2 Å². The SMILES string of the molecule is CC(=O)Nc1ccc(/C=C/c2ccc(CC(=S)CC(C)C)cc2S(N)(=O)=O)c(S(N)(=O)=O)c1. The topological polar surface area (TPSA) is 149 Å². The molecule has 33 heavy (non-hydrogen) atoms. The van der Waals surface area contributed by atoms with E-state index in [1.165, 1.54) is 43.3 Å². The van der Waals surface area contributed by atoms with Crippen molar-refractivity contribution in [3.05, 3.63) is 53.1 Å². The molecule has 178 valence electrons. The van der Waals surface area contributed by atoms with Crippen molar-refractivity contribution in [3.8, 4) is 0 Å². The highest BCUT2D eigenvalue weighted by atomic mass is 32.2. The molecule has 8 nitrogen and oxygen atoms in total. The van der Waals surface area contributed by atoms with Crippen LogP contribution in [0.2, 0.25) is 0 Å². The minimum Gasteiger partial charge on any atom is -0.326 e. The van der Waals surface area contributed by atoms with Gasteiger partial charge in [-0.1, -0.05) is 56.4 Å². The molecule has 0 saturated carbocycles. The summed E-state index contributed by atoms with van der Waals surface area (Å²) in [4.78, 5) is 11.8. The molecule has 0 bridgehead atoms. The maximum atomic E-state index is 12.2. The largest absolute Gasteiger partial charge is 0.326 e. The van der Waals surface area contributed by atoms with Crippen molar-refractivity contribution < 1.29 is 21.6 Å². The summed E-state index contributed by atoms with van der Waals surface area (Å²) in [7, 11) is -8.19. The molecule has 0 heterocycles. The number of hydrogen-bond donors (Lipinski definition) is 3. The molecular weight excluding hydrogens is 482 g/mol. The zero-order valence-corrected chi connectivity index (χ0v) is 21.0. The summed E-state index contributed by atoms with van der Waals surface area (Å²) in [6, 6.07) is 9.01. The second kappa shape index (κ2) is 10.7. The molecule has 2 aromatic rings. The van der Waals surface area contributed by atoms with Gasteiger partial charge in [-0.25, -0.2) is 27.1 Å². The van der Waals surface area contributed by atoms with Crippen molar-refractivity contribution in [2.24, 2.45) is 16.2 Å². The van der Waals surface area contributed by atoms with E-state index >= 15 is 0 Å². The van der Waals surface area contributed by atoms with Crippen LogP contribution < -0.4 is 15.6 Å². The number of carbonyl (C=O) groups excluding carboxylic acids is 1. The van der Waals surface area contributed by atoms with E-state index in [-0.39, 0.29) is 32.5 Å². The first kappa shape index (κ1) is 26.8. The van der Waals surface area contributed by atoms with Crippen molar-refractivity contribution >= 4 is 60.9 Å². The molecule has 0 aliphatic heterocycles. The number of primary sulfonamides is 2. The lowest BCUT2D eigenvalue weighted by Crippen LogP contribution is -2.15. The van der Waals surface area contributed by atoms with Gasteiger partial charge in [0.1, 0.15) is 0 Å². The Labute approximate surface area is 200 Å². The van der Waals surface area contributed by atoms with Gasteiger partial charge in [-0.2, -0.15) is 0 Å². The lowest BCUT2D eigenvalue weighted by atomic mass is 10.0. The maximum absolute atomic E-state index is 12.2. The predicted molar refractivity (Wildman–Crippen MR) is 135 cm³/mol. The second-order valence-corrected chi connectivity index (χ2v) is 11.7. The van der Waals surface area contributed by atoms with Crippen molar-refractivity contribution in [2.75, 3.05) is 5.32 Å². The first-order valence-electron chi connectivity index (χ1n) is 9.96. The average Bonchev–Trinajstić information content (AvgIpc) is 2.65. The Hall–Kier alpha value is -2.44. The van der Waals surface area contributed by atoms with Gasteiger partial charge in [0.25, 0.3) is 0 Å². The first-order chi connectivity index (χ1) is 15.2. The lowest BCUT2D eigenvalue weighted by molar-refractivity contribution is -0.114. The summed E-state index contributed by atoms with van der Waals surface area (Å²) >= 11 is 5.39. The number of sulfonamides is 2. The number of hydrogen-bond acceptors (Lipinski definition) is 6. The van der Waals surface area contributed by atoms with Crippen LogP contribution in [-0.4, -0.2) is 27.6 Å². The first-order valence-corrected chi connectivity index (χ1v) is 13.5. The van der Waals surface area contributed by atoms with Gasteiger partial charge >= 0.3 is 0 Å². The maximum Gasteiger partial charge on any atom is 0.238 e. The molecule has 5 N–H and O–H groups in total. The molecule has 0 aromatic heterocycles. The number of benzene rings is 2. The summed E-state index contributed by atoms with van der Waals surface area (Å²) < 4.78 is 48.5. The van der Waals surface area contributed by atoms with Crippen LogP contribution in [0.3, 0.4) is 0 Å². The van der Waals surface area contributed by atoms with Gasteiger partial charge < -0.3 is 5.32 Å². The van der Waals surface area contributed by atoms with E-state index in [0.29, 0.717) is 17.9 Å². The van der Waals surface area contributed by atoms with Crippen LogP contribution in [-0.2, 0) is 31.3 Å². The molecule has 11 heteroatoms. The normalized spacial score (nSPS) is 12.3. The van der Waals surface area contributed by atoms with Gasteiger partial charge in [0.05, 0.1) is 9.79 Å². The molecule has 0 atom stereocenters. The second-order valence-electron chi connectivity index (χ2n) is 8.04. The van der Waals surface area contributed by atoms with Crippen LogP contribution in [0, 0.1) is 5.92 Å². The van der Waals surface area contributed by atoms with Gasteiger partial charge in [-0.15, -0.1) is 0 Å². The van der Waals surface area contributed by atoms with E-state index in [0.717, 1.165) is 11.3 Å². The molecule has 1 amide bonds. The Morgan fingerprint density at radius 3 is 1.97 bits per heavy atom. The van der Waals surface area contributed by atoms with Crippen LogP contribution in [0.1, 0.15) is 43.9 Å². The number of thiocarbonyl (C=S) groups is 1.